The SMILES string of the molecule is CC1Cc2ccccc2N1C(=O)C(C)(C)C(=O)NC1CC1. The van der Waals surface area contributed by atoms with Crippen molar-refractivity contribution in [3.8, 4) is 0 Å². The van der Waals surface area contributed by atoms with Gasteiger partial charge in [0.25, 0.3) is 0 Å². The molecule has 112 valence electrons. The highest BCUT2D eigenvalue weighted by Crippen LogP contribution is 2.35. The molecular weight excluding hydrogens is 264 g/mol. The van der Waals surface area contributed by atoms with E-state index in [-0.39, 0.29) is 23.9 Å². The summed E-state index contributed by atoms with van der Waals surface area (Å²) in [4.78, 5) is 27.1. The first-order valence-corrected chi connectivity index (χ1v) is 7.64. The molecule has 1 saturated carbocycles. The minimum Gasteiger partial charge on any atom is -0.352 e. The Bertz CT molecular complexity index is 590. The van der Waals surface area contributed by atoms with Gasteiger partial charge in [0.15, 0.2) is 0 Å². The van der Waals surface area contributed by atoms with E-state index in [1.807, 2.05) is 25.1 Å². The molecule has 4 heteroatoms. The van der Waals surface area contributed by atoms with Crippen LogP contribution in [0.3, 0.4) is 0 Å². The second kappa shape index (κ2) is 4.86. The first-order chi connectivity index (χ1) is 9.91. The Morgan fingerprint density at radius 3 is 2.57 bits per heavy atom. The Balaban J connectivity index is 1.85. The maximum atomic E-state index is 12.9. The van der Waals surface area contributed by atoms with Crippen LogP contribution >= 0.6 is 0 Å². The monoisotopic (exact) mass is 286 g/mol. The summed E-state index contributed by atoms with van der Waals surface area (Å²) >= 11 is 0. The van der Waals surface area contributed by atoms with Crippen LogP contribution in [-0.4, -0.2) is 23.9 Å². The number of carbonyl (C=O) groups excluding carboxylic acids is 2. The third-order valence-electron chi connectivity index (χ3n) is 4.44. The highest BCUT2D eigenvalue weighted by Gasteiger charge is 2.44. The van der Waals surface area contributed by atoms with Crippen molar-refractivity contribution in [2.75, 3.05) is 4.90 Å². The molecule has 0 radical (unpaired) electrons. The lowest BCUT2D eigenvalue weighted by Crippen LogP contribution is -2.51. The van der Waals surface area contributed by atoms with Crippen molar-refractivity contribution in [2.24, 2.45) is 5.41 Å². The van der Waals surface area contributed by atoms with Crippen LogP contribution in [0.25, 0.3) is 0 Å². The molecule has 21 heavy (non-hydrogen) atoms. The minimum atomic E-state index is -1.03. The van der Waals surface area contributed by atoms with Crippen LogP contribution < -0.4 is 10.2 Å². The molecule has 0 spiro atoms. The van der Waals surface area contributed by atoms with E-state index in [1.54, 1.807) is 18.7 Å². The van der Waals surface area contributed by atoms with Crippen molar-refractivity contribution < 1.29 is 9.59 Å². The van der Waals surface area contributed by atoms with Gasteiger partial charge in [-0.05, 0) is 51.7 Å². The van der Waals surface area contributed by atoms with Gasteiger partial charge in [0.05, 0.1) is 0 Å². The van der Waals surface area contributed by atoms with E-state index in [9.17, 15) is 9.59 Å². The number of hydrogen-bond acceptors (Lipinski definition) is 2. The van der Waals surface area contributed by atoms with E-state index in [2.05, 4.69) is 11.4 Å². The summed E-state index contributed by atoms with van der Waals surface area (Å²) in [5, 5.41) is 2.95. The van der Waals surface area contributed by atoms with E-state index in [4.69, 9.17) is 0 Å². The predicted molar refractivity (Wildman–Crippen MR) is 82.0 cm³/mol. The highest BCUT2D eigenvalue weighted by molar-refractivity contribution is 6.12. The van der Waals surface area contributed by atoms with Crippen LogP contribution in [0.1, 0.15) is 39.2 Å². The number of amides is 2. The number of nitrogens with one attached hydrogen (secondary N) is 1. The zero-order valence-corrected chi connectivity index (χ0v) is 12.8. The van der Waals surface area contributed by atoms with Gasteiger partial charge >= 0.3 is 0 Å². The number of anilines is 1. The van der Waals surface area contributed by atoms with Gasteiger partial charge in [0, 0.05) is 17.8 Å². The second-order valence-electron chi connectivity index (χ2n) is 6.73. The number of hydrogen-bond donors (Lipinski definition) is 1. The van der Waals surface area contributed by atoms with Crippen molar-refractivity contribution >= 4 is 17.5 Å². The quantitative estimate of drug-likeness (QED) is 0.867. The van der Waals surface area contributed by atoms with Gasteiger partial charge in [-0.25, -0.2) is 0 Å². The van der Waals surface area contributed by atoms with Gasteiger partial charge in [-0.15, -0.1) is 0 Å². The van der Waals surface area contributed by atoms with Crippen molar-refractivity contribution in [1.82, 2.24) is 5.32 Å². The molecule has 2 amide bonds. The van der Waals surface area contributed by atoms with Gasteiger partial charge in [0.2, 0.25) is 11.8 Å². The molecule has 2 aliphatic rings. The predicted octanol–water partition coefficient (Wildman–Crippen LogP) is 2.27. The Labute approximate surface area is 125 Å². The number of benzene rings is 1. The maximum Gasteiger partial charge on any atom is 0.242 e. The Kier molecular flexibility index (Phi) is 3.27. The van der Waals surface area contributed by atoms with Crippen molar-refractivity contribution in [3.63, 3.8) is 0 Å². The van der Waals surface area contributed by atoms with Crippen LogP contribution in [0.4, 0.5) is 5.69 Å². The Morgan fingerprint density at radius 1 is 1.24 bits per heavy atom. The molecule has 1 aromatic rings. The summed E-state index contributed by atoms with van der Waals surface area (Å²) in [6.07, 6.45) is 2.90. The highest BCUT2D eigenvalue weighted by atomic mass is 16.2. The topological polar surface area (TPSA) is 49.4 Å². The number of nitrogens with zero attached hydrogens (tertiary/aromatic N) is 1. The van der Waals surface area contributed by atoms with Gasteiger partial charge in [-0.3, -0.25) is 9.59 Å². The average Bonchev–Trinajstić information content (AvgIpc) is 3.18. The molecule has 0 bridgehead atoms. The largest absolute Gasteiger partial charge is 0.352 e. The van der Waals surface area contributed by atoms with Crippen LogP contribution in [-0.2, 0) is 16.0 Å². The van der Waals surface area contributed by atoms with Gasteiger partial charge in [-0.2, -0.15) is 0 Å². The fourth-order valence-electron chi connectivity index (χ4n) is 2.87. The molecule has 1 aliphatic heterocycles. The molecule has 0 saturated heterocycles. The Morgan fingerprint density at radius 2 is 1.90 bits per heavy atom. The van der Waals surface area contributed by atoms with E-state index < -0.39 is 5.41 Å². The first kappa shape index (κ1) is 14.1. The molecule has 3 rings (SSSR count). The molecular formula is C17H22N2O2. The fourth-order valence-corrected chi connectivity index (χ4v) is 2.87. The number of fused-ring (bicyclic) bond motifs is 1. The Hall–Kier alpha value is -1.84. The van der Waals surface area contributed by atoms with E-state index >= 15 is 0 Å². The zero-order chi connectivity index (χ0) is 15.2. The van der Waals surface area contributed by atoms with Gasteiger partial charge < -0.3 is 10.2 Å². The number of carbonyl (C=O) groups is 2. The lowest BCUT2D eigenvalue weighted by atomic mass is 9.89. The van der Waals surface area contributed by atoms with Crippen LogP contribution in [0.5, 0.6) is 0 Å². The van der Waals surface area contributed by atoms with Crippen molar-refractivity contribution in [1.29, 1.82) is 0 Å². The van der Waals surface area contributed by atoms with E-state index in [0.29, 0.717) is 0 Å². The van der Waals surface area contributed by atoms with E-state index in [0.717, 1.165) is 24.9 Å². The average molecular weight is 286 g/mol. The first-order valence-electron chi connectivity index (χ1n) is 7.64. The lowest BCUT2D eigenvalue weighted by molar-refractivity contribution is -0.140. The smallest absolute Gasteiger partial charge is 0.242 e. The normalized spacial score (nSPS) is 21.1. The summed E-state index contributed by atoms with van der Waals surface area (Å²) in [5.74, 6) is -0.273. The molecule has 0 aromatic heterocycles. The number of para-hydroxylation sites is 1. The molecule has 1 atom stereocenters. The molecule has 1 N–H and O–H groups in total. The fraction of sp³-hybridized carbons (Fsp3) is 0.529. The summed E-state index contributed by atoms with van der Waals surface area (Å²) in [5.41, 5.74) is 1.09. The molecule has 1 fully saturated rings. The molecule has 1 unspecified atom stereocenters. The van der Waals surface area contributed by atoms with E-state index in [1.165, 1.54) is 5.56 Å². The van der Waals surface area contributed by atoms with Crippen LogP contribution in [0.15, 0.2) is 24.3 Å². The lowest BCUT2D eigenvalue weighted by Gasteiger charge is -2.31. The summed E-state index contributed by atoms with van der Waals surface area (Å²) in [6.45, 7) is 5.48. The molecule has 1 aromatic carbocycles. The molecule has 1 heterocycles. The minimum absolute atomic E-state index is 0.0999. The summed E-state index contributed by atoms with van der Waals surface area (Å²) in [7, 11) is 0. The van der Waals surface area contributed by atoms with Crippen molar-refractivity contribution in [3.05, 3.63) is 29.8 Å². The van der Waals surface area contributed by atoms with Crippen LogP contribution in [0, 0.1) is 5.41 Å². The third-order valence-corrected chi connectivity index (χ3v) is 4.44. The standard InChI is InChI=1S/C17H22N2O2/c1-11-10-12-6-4-5-7-14(12)19(11)16(21)17(2,3)15(20)18-13-8-9-13/h4-7,11,13H,8-10H2,1-3H3,(H,18,20). The van der Waals surface area contributed by atoms with Crippen LogP contribution in [0.2, 0.25) is 0 Å². The summed E-state index contributed by atoms with van der Waals surface area (Å²) < 4.78 is 0. The number of rotatable bonds is 3. The zero-order valence-electron chi connectivity index (χ0n) is 12.8. The maximum absolute atomic E-state index is 12.9. The van der Waals surface area contributed by atoms with Gasteiger partial charge in [-0.1, -0.05) is 18.2 Å². The van der Waals surface area contributed by atoms with Crippen molar-refractivity contribution in [2.45, 2.75) is 52.1 Å². The van der Waals surface area contributed by atoms with Gasteiger partial charge in [0.1, 0.15) is 5.41 Å². The third kappa shape index (κ3) is 2.43. The molecule has 4 nitrogen and oxygen atoms in total. The molecule has 1 aliphatic carbocycles. The summed E-state index contributed by atoms with van der Waals surface area (Å²) in [6, 6.07) is 8.32. The second-order valence-corrected chi connectivity index (χ2v) is 6.73.